The number of nitrogens with one attached hydrogen (secondary N) is 2. The van der Waals surface area contributed by atoms with Gasteiger partial charge in [-0.15, -0.1) is 0 Å². The number of aliphatic carboxylic acids is 1. The lowest BCUT2D eigenvalue weighted by molar-refractivity contribution is -0.148. The number of aliphatic hydroxyl groups is 1. The first-order chi connectivity index (χ1) is 30.7. The number of halogens is 3. The van der Waals surface area contributed by atoms with Crippen molar-refractivity contribution >= 4 is 34.2 Å². The largest absolute Gasteiger partial charge is 0.481 e. The number of benzene rings is 3. The van der Waals surface area contributed by atoms with Crippen molar-refractivity contribution in [3.63, 3.8) is 0 Å². The van der Waals surface area contributed by atoms with Crippen molar-refractivity contribution in [2.75, 3.05) is 52.6 Å². The second-order valence-corrected chi connectivity index (χ2v) is 14.5. The number of hydrogen-bond acceptors (Lipinski definition) is 12. The Balaban J connectivity index is 0.000000185. The van der Waals surface area contributed by atoms with Gasteiger partial charge in [-0.25, -0.2) is 9.78 Å². The standard InChI is InChI=1S/C18H18F3NO4.C17H21NO3.C11H14N4O2/c19-18(20,21)13-4-3-5-14(12-13)22-16-7-2-1-6-15(16)17(24)26-11-10-25-9-8-23;1-3-11-6-5-7-12-13-8-9-21-17(4-2,10-14(19)20)16(13)18-15(11)12;1-7-5-9(16-3)13-11(12-7)15-10(17-4)6-8(2)14-15/h1-7,12,22-23H,8-11H2;5-7,18H,3-4,8-10H2,1-2H3,(H,19,20);5-6H,1-4H3. The molecule has 0 amide bonds. The van der Waals surface area contributed by atoms with E-state index in [-0.39, 0.29) is 44.1 Å². The summed E-state index contributed by atoms with van der Waals surface area (Å²) >= 11 is 0. The van der Waals surface area contributed by atoms with E-state index in [0.717, 1.165) is 47.6 Å². The number of ether oxygens (including phenoxy) is 5. The zero-order valence-corrected chi connectivity index (χ0v) is 36.5. The average molecular weight is 891 g/mol. The number of aromatic nitrogens is 5. The van der Waals surface area contributed by atoms with Gasteiger partial charge >= 0.3 is 18.1 Å². The van der Waals surface area contributed by atoms with E-state index in [2.05, 4.69) is 50.5 Å². The summed E-state index contributed by atoms with van der Waals surface area (Å²) < 4.78 is 66.3. The van der Waals surface area contributed by atoms with Gasteiger partial charge in [0, 0.05) is 34.4 Å². The van der Waals surface area contributed by atoms with Gasteiger partial charge < -0.3 is 44.2 Å². The molecule has 4 N–H and O–H groups in total. The second-order valence-electron chi connectivity index (χ2n) is 14.5. The fourth-order valence-electron chi connectivity index (χ4n) is 7.11. The predicted octanol–water partition coefficient (Wildman–Crippen LogP) is 8.29. The Bertz CT molecular complexity index is 2510. The first-order valence-corrected chi connectivity index (χ1v) is 20.5. The Kier molecular flexibility index (Phi) is 16.8. The normalized spacial score (nSPS) is 14.3. The average Bonchev–Trinajstić information content (AvgIpc) is 3.87. The summed E-state index contributed by atoms with van der Waals surface area (Å²) in [7, 11) is 3.15. The van der Waals surface area contributed by atoms with Crippen LogP contribution < -0.4 is 14.8 Å². The Morgan fingerprint density at radius 2 is 1.70 bits per heavy atom. The zero-order valence-electron chi connectivity index (χ0n) is 36.5. The lowest BCUT2D eigenvalue weighted by Crippen LogP contribution is -2.37. The van der Waals surface area contributed by atoms with Crippen LogP contribution in [-0.2, 0) is 43.6 Å². The van der Waals surface area contributed by atoms with Crippen LogP contribution >= 0.6 is 0 Å². The maximum atomic E-state index is 12.8. The molecule has 64 heavy (non-hydrogen) atoms. The highest BCUT2D eigenvalue weighted by Crippen LogP contribution is 2.42. The number of methoxy groups -OCH3 is 2. The van der Waals surface area contributed by atoms with Crippen LogP contribution in [0, 0.1) is 13.8 Å². The lowest BCUT2D eigenvalue weighted by Gasteiger charge is -2.35. The molecule has 1 atom stereocenters. The topological polar surface area (TPSA) is 192 Å². The summed E-state index contributed by atoms with van der Waals surface area (Å²) in [5.41, 5.74) is 5.46. The molecule has 0 fully saturated rings. The van der Waals surface area contributed by atoms with E-state index in [1.165, 1.54) is 34.7 Å². The quantitative estimate of drug-likeness (QED) is 0.0569. The molecule has 1 unspecified atom stereocenters. The highest BCUT2D eigenvalue weighted by Gasteiger charge is 2.41. The van der Waals surface area contributed by atoms with Gasteiger partial charge in [0.25, 0.3) is 5.95 Å². The van der Waals surface area contributed by atoms with Crippen LogP contribution in [0.15, 0.2) is 78.9 Å². The highest BCUT2D eigenvalue weighted by molar-refractivity contribution is 5.96. The van der Waals surface area contributed by atoms with Crippen molar-refractivity contribution in [1.29, 1.82) is 0 Å². The van der Waals surface area contributed by atoms with E-state index in [4.69, 9.17) is 28.8 Å². The molecule has 0 radical (unpaired) electrons. The number of rotatable bonds is 15. The Hall–Kier alpha value is -6.50. The molecule has 0 saturated carbocycles. The highest BCUT2D eigenvalue weighted by atomic mass is 19.4. The molecule has 1 aliphatic heterocycles. The Morgan fingerprint density at radius 3 is 2.39 bits per heavy atom. The fraction of sp³-hybridized carbons (Fsp3) is 0.370. The molecule has 342 valence electrons. The minimum atomic E-state index is -4.45. The molecule has 1 aliphatic rings. The summed E-state index contributed by atoms with van der Waals surface area (Å²) in [4.78, 5) is 35.5. The second kappa shape index (κ2) is 22.2. The number of H-pyrrole nitrogens is 1. The molecule has 4 heterocycles. The van der Waals surface area contributed by atoms with Gasteiger partial charge in [-0.05, 0) is 74.6 Å². The van der Waals surface area contributed by atoms with Crippen molar-refractivity contribution < 1.29 is 56.7 Å². The van der Waals surface area contributed by atoms with Crippen LogP contribution in [0.5, 0.6) is 11.8 Å². The summed E-state index contributed by atoms with van der Waals surface area (Å²) in [6.45, 7) is 8.61. The molecule has 6 aromatic rings. The number of alkyl halides is 3. The number of aromatic amines is 1. The van der Waals surface area contributed by atoms with Crippen LogP contribution in [0.4, 0.5) is 24.5 Å². The first kappa shape index (κ1) is 48.5. The van der Waals surface area contributed by atoms with E-state index in [9.17, 15) is 27.9 Å². The number of anilines is 2. The molecule has 0 aliphatic carbocycles. The van der Waals surface area contributed by atoms with Crippen molar-refractivity contribution in [2.24, 2.45) is 0 Å². The third kappa shape index (κ3) is 12.1. The van der Waals surface area contributed by atoms with Gasteiger partial charge in [0.05, 0.1) is 75.3 Å². The maximum absolute atomic E-state index is 12.8. The third-order valence-electron chi connectivity index (χ3n) is 10.1. The van der Waals surface area contributed by atoms with Crippen molar-refractivity contribution in [1.82, 2.24) is 24.7 Å². The van der Waals surface area contributed by atoms with E-state index < -0.39 is 29.3 Å². The number of nitrogens with zero attached hydrogens (tertiary/aromatic N) is 4. The summed E-state index contributed by atoms with van der Waals surface area (Å²) in [6.07, 6.45) is -2.00. The zero-order chi connectivity index (χ0) is 46.4. The van der Waals surface area contributed by atoms with Crippen molar-refractivity contribution in [3.8, 4) is 17.7 Å². The lowest BCUT2D eigenvalue weighted by atomic mass is 9.86. The molecule has 0 bridgehead atoms. The third-order valence-corrected chi connectivity index (χ3v) is 10.1. The van der Waals surface area contributed by atoms with E-state index >= 15 is 0 Å². The predicted molar refractivity (Wildman–Crippen MR) is 233 cm³/mol. The minimum Gasteiger partial charge on any atom is -0.481 e. The van der Waals surface area contributed by atoms with Crippen molar-refractivity contribution in [2.45, 2.75) is 65.2 Å². The molecule has 18 heteroatoms. The van der Waals surface area contributed by atoms with E-state index in [1.807, 2.05) is 26.8 Å². The molecular formula is C46H53F3N6O9. The number of para-hydroxylation sites is 2. The van der Waals surface area contributed by atoms with Crippen LogP contribution in [-0.4, -0.2) is 94.1 Å². The maximum Gasteiger partial charge on any atom is 0.416 e. The number of hydrogen-bond donors (Lipinski definition) is 4. The molecule has 3 aromatic carbocycles. The van der Waals surface area contributed by atoms with Gasteiger partial charge in [0.15, 0.2) is 0 Å². The number of esters is 1. The van der Waals surface area contributed by atoms with Gasteiger partial charge in [0.1, 0.15) is 12.2 Å². The number of carboxylic acids is 1. The molecule has 0 spiro atoms. The fourth-order valence-corrected chi connectivity index (χ4v) is 7.11. The van der Waals surface area contributed by atoms with E-state index in [0.29, 0.717) is 36.4 Å². The minimum absolute atomic E-state index is 0.00325. The van der Waals surface area contributed by atoms with E-state index in [1.54, 1.807) is 43.2 Å². The number of carboxylic acid groups (broad SMARTS) is 1. The van der Waals surface area contributed by atoms with Crippen LogP contribution in [0.25, 0.3) is 16.9 Å². The van der Waals surface area contributed by atoms with Gasteiger partial charge in [-0.1, -0.05) is 50.2 Å². The van der Waals surface area contributed by atoms with Crippen LogP contribution in [0.1, 0.15) is 70.8 Å². The summed E-state index contributed by atoms with van der Waals surface area (Å²) in [6, 6.07) is 20.9. The van der Waals surface area contributed by atoms with Gasteiger partial charge in [0.2, 0.25) is 11.8 Å². The van der Waals surface area contributed by atoms with Crippen LogP contribution in [0.2, 0.25) is 0 Å². The Labute approximate surface area is 368 Å². The Morgan fingerprint density at radius 1 is 0.938 bits per heavy atom. The van der Waals surface area contributed by atoms with Crippen molar-refractivity contribution in [3.05, 3.63) is 118 Å². The smallest absolute Gasteiger partial charge is 0.416 e. The molecule has 3 aromatic heterocycles. The molecule has 15 nitrogen and oxygen atoms in total. The number of carbonyl (C=O) groups is 2. The molecular weight excluding hydrogens is 838 g/mol. The molecule has 0 saturated heterocycles. The number of aliphatic hydroxyl groups excluding tert-OH is 1. The molecule has 7 rings (SSSR count). The summed E-state index contributed by atoms with van der Waals surface area (Å²) in [5.74, 6) is 0.0800. The van der Waals surface area contributed by atoms with Gasteiger partial charge in [-0.3, -0.25) is 4.79 Å². The van der Waals surface area contributed by atoms with Crippen LogP contribution in [0.3, 0.4) is 0 Å². The number of aryl methyl sites for hydroxylation is 3. The number of fused-ring (bicyclic) bond motifs is 3. The number of carbonyl (C=O) groups excluding carboxylic acids is 1. The van der Waals surface area contributed by atoms with Gasteiger partial charge in [-0.2, -0.15) is 27.9 Å². The first-order valence-electron chi connectivity index (χ1n) is 20.5. The monoisotopic (exact) mass is 890 g/mol. The SMILES string of the molecule is CCc1cccc2c3c([nH]c12)C(CC)(CC(=O)O)OCC3.COc1cc(C)nc(-n2nc(C)cc2OC)n1.O=C(OCCOCCO)c1ccccc1Nc1cccc(C(F)(F)F)c1. The summed E-state index contributed by atoms with van der Waals surface area (Å²) in [5, 5.41) is 26.2.